The van der Waals surface area contributed by atoms with Crippen LogP contribution in [0, 0.1) is 22.7 Å². The van der Waals surface area contributed by atoms with Gasteiger partial charge in [0.15, 0.2) is 0 Å². The lowest BCUT2D eigenvalue weighted by atomic mass is 10.2. The number of aliphatic hydroxyl groups is 3. The number of hydrogen-bond acceptors (Lipinski definition) is 9. The first kappa shape index (κ1) is 30.4. The number of amides is 2. The third kappa shape index (κ3) is 11.8. The van der Waals surface area contributed by atoms with E-state index in [2.05, 4.69) is 10.6 Å². The van der Waals surface area contributed by atoms with Gasteiger partial charge in [-0.2, -0.15) is 10.5 Å². The van der Waals surface area contributed by atoms with Crippen LogP contribution < -0.4 is 10.6 Å². The van der Waals surface area contributed by atoms with Crippen molar-refractivity contribution in [2.75, 3.05) is 52.5 Å². The van der Waals surface area contributed by atoms with Gasteiger partial charge >= 0.3 is 0 Å². The molecule has 0 aromatic rings. The molecule has 11 heteroatoms. The number of aliphatic hydroxyl groups excluding tert-OH is 3. The molecule has 0 fully saturated rings. The zero-order valence-corrected chi connectivity index (χ0v) is 19.6. The Morgan fingerprint density at radius 3 is 1.53 bits per heavy atom. The molecular weight excluding hydrogens is 440 g/mol. The van der Waals surface area contributed by atoms with Gasteiger partial charge in [-0.3, -0.25) is 9.59 Å². The van der Waals surface area contributed by atoms with Crippen molar-refractivity contribution in [2.24, 2.45) is 0 Å². The molecule has 0 atom stereocenters. The number of rotatable bonds is 16. The van der Waals surface area contributed by atoms with E-state index >= 15 is 0 Å². The van der Waals surface area contributed by atoms with Crippen LogP contribution in [0.3, 0.4) is 0 Å². The average molecular weight is 475 g/mol. The van der Waals surface area contributed by atoms with Crippen LogP contribution in [-0.4, -0.2) is 95.5 Å². The second-order valence-corrected chi connectivity index (χ2v) is 6.79. The van der Waals surface area contributed by atoms with Gasteiger partial charge in [0.1, 0.15) is 23.3 Å². The smallest absolute Gasteiger partial charge is 0.264 e. The van der Waals surface area contributed by atoms with Gasteiger partial charge in [0.2, 0.25) is 0 Å². The molecule has 2 amide bonds. The Kier molecular flexibility index (Phi) is 16.9. The summed E-state index contributed by atoms with van der Waals surface area (Å²) in [6.45, 7) is 4.55. The summed E-state index contributed by atoms with van der Waals surface area (Å²) in [5, 5.41) is 51.9. The number of likely N-dealkylation sites (N-methyl/N-ethyl adjacent to an activating group) is 2. The fourth-order valence-corrected chi connectivity index (χ4v) is 2.61. The van der Waals surface area contributed by atoms with Gasteiger partial charge in [0.05, 0.1) is 19.3 Å². The molecule has 0 heterocycles. The fourth-order valence-electron chi connectivity index (χ4n) is 2.61. The molecule has 0 rings (SSSR count). The van der Waals surface area contributed by atoms with E-state index in [1.54, 1.807) is 13.8 Å². The lowest BCUT2D eigenvalue weighted by Crippen LogP contribution is -2.34. The van der Waals surface area contributed by atoms with E-state index in [1.807, 2.05) is 12.1 Å². The molecule has 0 spiro atoms. The fraction of sp³-hybridized carbons (Fsp3) is 0.478. The minimum absolute atomic E-state index is 0.0672. The van der Waals surface area contributed by atoms with Crippen LogP contribution in [0.15, 0.2) is 47.9 Å². The van der Waals surface area contributed by atoms with Crippen molar-refractivity contribution >= 4 is 11.8 Å². The molecule has 0 aromatic carbocycles. The van der Waals surface area contributed by atoms with Gasteiger partial charge in [-0.25, -0.2) is 0 Å². The highest BCUT2D eigenvalue weighted by Gasteiger charge is 2.16. The number of carbonyl (C=O) groups excluding carboxylic acids is 2. The Morgan fingerprint density at radius 1 is 0.853 bits per heavy atom. The lowest BCUT2D eigenvalue weighted by Gasteiger charge is -2.18. The van der Waals surface area contributed by atoms with Crippen LogP contribution in [0.25, 0.3) is 0 Å². The molecule has 0 aliphatic rings. The normalized spacial score (nSPS) is 12.8. The summed E-state index contributed by atoms with van der Waals surface area (Å²) < 4.78 is 0. The van der Waals surface area contributed by atoms with E-state index in [1.165, 1.54) is 46.5 Å². The molecule has 0 aliphatic carbocycles. The first-order chi connectivity index (χ1) is 16.4. The number of carbonyl (C=O) groups is 2. The largest absolute Gasteiger partial charge is 0.395 e. The zero-order chi connectivity index (χ0) is 25.8. The highest BCUT2D eigenvalue weighted by Crippen LogP contribution is 2.02. The topological polar surface area (TPSA) is 173 Å². The molecule has 5 N–H and O–H groups in total. The summed E-state index contributed by atoms with van der Waals surface area (Å²) in [4.78, 5) is 27.1. The van der Waals surface area contributed by atoms with Crippen molar-refractivity contribution in [3.05, 3.63) is 47.9 Å². The summed E-state index contributed by atoms with van der Waals surface area (Å²) in [5.41, 5.74) is -0.134. The molecule has 0 unspecified atom stereocenters. The summed E-state index contributed by atoms with van der Waals surface area (Å²) in [5.74, 6) is -0.934. The van der Waals surface area contributed by atoms with E-state index in [-0.39, 0.29) is 50.5 Å². The van der Waals surface area contributed by atoms with E-state index in [0.29, 0.717) is 13.1 Å². The van der Waals surface area contributed by atoms with E-state index in [4.69, 9.17) is 20.7 Å². The maximum absolute atomic E-state index is 12.2. The van der Waals surface area contributed by atoms with Gasteiger partial charge in [-0.1, -0.05) is 0 Å². The standard InChI is InChI=1S/C23H34N6O5/c1-3-28(11-13-30)22(33)19(15-24)7-5-9-26-17-21(32)18-27-10-6-8-20(16-25)23(34)29(4-2)12-14-31/h5-10,21,26-27,30-32H,3-4,11-14,17-18H2,1-2H3/b9-5+,10-6+,19-7+,20-8+. The minimum atomic E-state index is -0.767. The second-order valence-electron chi connectivity index (χ2n) is 6.79. The molecule has 0 saturated carbocycles. The molecule has 0 aliphatic heterocycles. The van der Waals surface area contributed by atoms with Crippen molar-refractivity contribution < 1.29 is 24.9 Å². The number of nitriles is 2. The van der Waals surface area contributed by atoms with E-state index < -0.39 is 17.9 Å². The summed E-state index contributed by atoms with van der Waals surface area (Å²) in [7, 11) is 0. The van der Waals surface area contributed by atoms with Crippen LogP contribution in [0.1, 0.15) is 13.8 Å². The maximum Gasteiger partial charge on any atom is 0.264 e. The third-order valence-corrected chi connectivity index (χ3v) is 4.44. The van der Waals surface area contributed by atoms with Crippen molar-refractivity contribution in [1.82, 2.24) is 20.4 Å². The first-order valence-electron chi connectivity index (χ1n) is 10.9. The third-order valence-electron chi connectivity index (χ3n) is 4.44. The quantitative estimate of drug-likeness (QED) is 0.108. The predicted octanol–water partition coefficient (Wildman–Crippen LogP) is -0.865. The molecule has 11 nitrogen and oxygen atoms in total. The van der Waals surface area contributed by atoms with Crippen LogP contribution >= 0.6 is 0 Å². The average Bonchev–Trinajstić information content (AvgIpc) is 2.84. The van der Waals surface area contributed by atoms with Crippen LogP contribution in [0.4, 0.5) is 0 Å². The summed E-state index contributed by atoms with van der Waals surface area (Å²) in [6.07, 6.45) is 7.87. The predicted molar refractivity (Wildman–Crippen MR) is 126 cm³/mol. The summed E-state index contributed by atoms with van der Waals surface area (Å²) in [6, 6.07) is 3.66. The number of nitrogens with one attached hydrogen (secondary N) is 2. The Morgan fingerprint density at radius 2 is 1.24 bits per heavy atom. The maximum atomic E-state index is 12.2. The first-order valence-corrected chi connectivity index (χ1v) is 10.9. The number of hydrogen-bond donors (Lipinski definition) is 5. The van der Waals surface area contributed by atoms with E-state index in [9.17, 15) is 14.7 Å². The Balaban J connectivity index is 4.56. The van der Waals surface area contributed by atoms with E-state index in [0.717, 1.165) is 0 Å². The van der Waals surface area contributed by atoms with Crippen molar-refractivity contribution in [3.63, 3.8) is 0 Å². The van der Waals surface area contributed by atoms with Gasteiger partial charge in [0.25, 0.3) is 11.8 Å². The Labute approximate surface area is 200 Å². The number of nitrogens with zero attached hydrogens (tertiary/aromatic N) is 4. The number of allylic oxidation sites excluding steroid dienone is 4. The molecular formula is C23H34N6O5. The SMILES string of the molecule is CCN(CCO)C(=O)/C(C#N)=C/C=C/NCC(O)CN/C=C/C=C(\C#N)C(=O)N(CC)CCO. The van der Waals surface area contributed by atoms with Crippen molar-refractivity contribution in [1.29, 1.82) is 10.5 Å². The molecule has 0 radical (unpaired) electrons. The van der Waals surface area contributed by atoms with Gasteiger partial charge in [-0.05, 0) is 50.6 Å². The summed E-state index contributed by atoms with van der Waals surface area (Å²) >= 11 is 0. The zero-order valence-electron chi connectivity index (χ0n) is 19.6. The Hall–Kier alpha value is -3.64. The van der Waals surface area contributed by atoms with Gasteiger partial charge in [-0.15, -0.1) is 0 Å². The van der Waals surface area contributed by atoms with Crippen molar-refractivity contribution in [2.45, 2.75) is 20.0 Å². The minimum Gasteiger partial charge on any atom is -0.395 e. The highest BCUT2D eigenvalue weighted by molar-refractivity contribution is 5.98. The van der Waals surface area contributed by atoms with Crippen LogP contribution in [0.2, 0.25) is 0 Å². The molecule has 0 aromatic heterocycles. The van der Waals surface area contributed by atoms with Crippen LogP contribution in [-0.2, 0) is 9.59 Å². The monoisotopic (exact) mass is 474 g/mol. The lowest BCUT2D eigenvalue weighted by molar-refractivity contribution is -0.127. The molecule has 34 heavy (non-hydrogen) atoms. The molecule has 0 bridgehead atoms. The van der Waals surface area contributed by atoms with Gasteiger partial charge in [0, 0.05) is 39.3 Å². The highest BCUT2D eigenvalue weighted by atomic mass is 16.3. The van der Waals surface area contributed by atoms with Crippen LogP contribution in [0.5, 0.6) is 0 Å². The molecule has 186 valence electrons. The Bertz CT molecular complexity index is 770. The van der Waals surface area contributed by atoms with Crippen molar-refractivity contribution in [3.8, 4) is 12.1 Å². The van der Waals surface area contributed by atoms with Gasteiger partial charge < -0.3 is 35.8 Å². The second kappa shape index (κ2) is 18.9. The molecule has 0 saturated heterocycles.